The Hall–Kier alpha value is -2.52. The number of benzene rings is 2. The van der Waals surface area contributed by atoms with Crippen molar-refractivity contribution in [3.8, 4) is 0 Å². The highest BCUT2D eigenvalue weighted by Crippen LogP contribution is 2.29. The summed E-state index contributed by atoms with van der Waals surface area (Å²) < 4.78 is 27.9. The summed E-state index contributed by atoms with van der Waals surface area (Å²) in [5.74, 6) is -1.21. The van der Waals surface area contributed by atoms with Crippen molar-refractivity contribution in [1.29, 1.82) is 0 Å². The number of sulfonamides is 1. The van der Waals surface area contributed by atoms with E-state index in [1.807, 2.05) is 6.26 Å². The van der Waals surface area contributed by atoms with E-state index >= 15 is 0 Å². The molecule has 0 radical (unpaired) electrons. The van der Waals surface area contributed by atoms with Gasteiger partial charge in [0.2, 0.25) is 5.91 Å². The number of hydrogen-bond acceptors (Lipinski definition) is 5. The molecule has 0 aliphatic rings. The second kappa shape index (κ2) is 8.45. The van der Waals surface area contributed by atoms with Crippen LogP contribution in [-0.2, 0) is 14.8 Å². The number of carbonyl (C=O) groups is 2. The van der Waals surface area contributed by atoms with Crippen LogP contribution in [0.15, 0.2) is 52.3 Å². The van der Waals surface area contributed by atoms with Crippen molar-refractivity contribution in [3.05, 3.63) is 48.0 Å². The van der Waals surface area contributed by atoms with Crippen LogP contribution in [0.25, 0.3) is 0 Å². The first-order valence-corrected chi connectivity index (χ1v) is 10.8. The lowest BCUT2D eigenvalue weighted by Crippen LogP contribution is -2.20. The number of carbonyl (C=O) groups excluding carboxylic acids is 2. The number of nitrogens with two attached hydrogens (primary N) is 1. The van der Waals surface area contributed by atoms with E-state index in [-0.39, 0.29) is 28.0 Å². The van der Waals surface area contributed by atoms with Crippen LogP contribution < -0.4 is 15.8 Å². The Balaban J connectivity index is 2.42. The number of nitrogens with one attached hydrogen (secondary N) is 2. The fourth-order valence-corrected chi connectivity index (χ4v) is 3.86. The average molecular weight is 408 g/mol. The minimum absolute atomic E-state index is 0.0429. The van der Waals surface area contributed by atoms with Crippen LogP contribution in [0, 0.1) is 5.92 Å². The highest BCUT2D eigenvalue weighted by atomic mass is 32.2. The maximum absolute atomic E-state index is 12.8. The zero-order valence-corrected chi connectivity index (χ0v) is 16.8. The van der Waals surface area contributed by atoms with Crippen molar-refractivity contribution in [2.45, 2.75) is 23.6 Å². The van der Waals surface area contributed by atoms with Gasteiger partial charge >= 0.3 is 0 Å². The lowest BCUT2D eigenvalue weighted by atomic mass is 10.2. The second-order valence-corrected chi connectivity index (χ2v) is 8.55. The first kappa shape index (κ1) is 20.8. The molecule has 7 nitrogen and oxygen atoms in total. The van der Waals surface area contributed by atoms with Gasteiger partial charge in [0.25, 0.3) is 15.9 Å². The smallest absolute Gasteiger partial charge is 0.261 e. The fourth-order valence-electron chi connectivity index (χ4n) is 2.22. The number of rotatable bonds is 7. The van der Waals surface area contributed by atoms with E-state index in [1.165, 1.54) is 36.0 Å². The molecule has 0 aliphatic carbocycles. The third-order valence-electron chi connectivity index (χ3n) is 3.70. The van der Waals surface area contributed by atoms with E-state index in [4.69, 9.17) is 5.73 Å². The standard InChI is InChI=1S/C18H21N3O4S2/c1-11(2)18(23)20-15-10-12(8-9-16(15)26-3)27(24,25)21-14-7-5-4-6-13(14)17(19)22/h4-11,21H,1-3H3,(H2,19,22)(H,20,23). The molecule has 2 amide bonds. The van der Waals surface area contributed by atoms with E-state index in [2.05, 4.69) is 10.0 Å². The lowest BCUT2D eigenvalue weighted by molar-refractivity contribution is -0.118. The Bertz CT molecular complexity index is 972. The number of anilines is 2. The molecule has 0 bridgehead atoms. The summed E-state index contributed by atoms with van der Waals surface area (Å²) in [6.45, 7) is 3.49. The number of primary amides is 1. The minimum atomic E-state index is -3.99. The molecule has 2 aromatic carbocycles. The summed E-state index contributed by atoms with van der Waals surface area (Å²) in [4.78, 5) is 24.2. The molecule has 4 N–H and O–H groups in total. The zero-order valence-electron chi connectivity index (χ0n) is 15.1. The van der Waals surface area contributed by atoms with Crippen molar-refractivity contribution < 1.29 is 18.0 Å². The maximum Gasteiger partial charge on any atom is 0.261 e. The van der Waals surface area contributed by atoms with Crippen molar-refractivity contribution in [3.63, 3.8) is 0 Å². The Morgan fingerprint density at radius 3 is 2.33 bits per heavy atom. The summed E-state index contributed by atoms with van der Waals surface area (Å²) in [6, 6.07) is 10.5. The van der Waals surface area contributed by atoms with Crippen LogP contribution in [0.1, 0.15) is 24.2 Å². The largest absolute Gasteiger partial charge is 0.366 e. The van der Waals surface area contributed by atoms with Gasteiger partial charge in [-0.25, -0.2) is 8.42 Å². The number of hydrogen-bond donors (Lipinski definition) is 3. The predicted molar refractivity (Wildman–Crippen MR) is 107 cm³/mol. The number of thioether (sulfide) groups is 1. The quantitative estimate of drug-likeness (QED) is 0.610. The van der Waals surface area contributed by atoms with Crippen molar-refractivity contribution in [2.24, 2.45) is 11.7 Å². The van der Waals surface area contributed by atoms with Gasteiger partial charge in [-0.2, -0.15) is 0 Å². The highest BCUT2D eigenvalue weighted by Gasteiger charge is 2.20. The molecule has 0 atom stereocenters. The molecular weight excluding hydrogens is 386 g/mol. The van der Waals surface area contributed by atoms with Crippen LogP contribution in [0.5, 0.6) is 0 Å². The van der Waals surface area contributed by atoms with E-state index in [0.29, 0.717) is 5.69 Å². The van der Waals surface area contributed by atoms with Crippen LogP contribution >= 0.6 is 11.8 Å². The van der Waals surface area contributed by atoms with Gasteiger partial charge in [0.1, 0.15) is 0 Å². The first-order chi connectivity index (χ1) is 12.7. The topological polar surface area (TPSA) is 118 Å². The Labute approximate surface area is 162 Å². The van der Waals surface area contributed by atoms with Gasteiger partial charge in [0.05, 0.1) is 21.8 Å². The van der Waals surface area contributed by atoms with Gasteiger partial charge in [-0.15, -0.1) is 11.8 Å². The van der Waals surface area contributed by atoms with Crippen LogP contribution in [0.3, 0.4) is 0 Å². The van der Waals surface area contributed by atoms with Gasteiger partial charge in [0, 0.05) is 10.8 Å². The molecule has 2 aromatic rings. The molecule has 0 spiro atoms. The van der Waals surface area contributed by atoms with Crippen LogP contribution in [-0.4, -0.2) is 26.5 Å². The first-order valence-electron chi connectivity index (χ1n) is 8.06. The second-order valence-electron chi connectivity index (χ2n) is 6.02. The predicted octanol–water partition coefficient (Wildman–Crippen LogP) is 2.90. The third kappa shape index (κ3) is 5.01. The molecular formula is C18H21N3O4S2. The van der Waals surface area contributed by atoms with Crippen molar-refractivity contribution in [1.82, 2.24) is 0 Å². The molecule has 0 saturated carbocycles. The molecule has 9 heteroatoms. The third-order valence-corrected chi connectivity index (χ3v) is 5.86. The molecule has 0 unspecified atom stereocenters. The molecule has 0 aliphatic heterocycles. The van der Waals surface area contributed by atoms with E-state index in [9.17, 15) is 18.0 Å². The maximum atomic E-state index is 12.8. The van der Waals surface area contributed by atoms with Gasteiger partial charge in [0.15, 0.2) is 0 Å². The number of para-hydroxylation sites is 1. The normalized spacial score (nSPS) is 11.3. The minimum Gasteiger partial charge on any atom is -0.366 e. The Morgan fingerprint density at radius 1 is 1.07 bits per heavy atom. The van der Waals surface area contributed by atoms with E-state index in [0.717, 1.165) is 4.90 Å². The number of amides is 2. The fraction of sp³-hybridized carbons (Fsp3) is 0.222. The lowest BCUT2D eigenvalue weighted by Gasteiger charge is -2.15. The Kier molecular flexibility index (Phi) is 6.50. The molecule has 27 heavy (non-hydrogen) atoms. The SMILES string of the molecule is CSc1ccc(S(=O)(=O)Nc2ccccc2C(N)=O)cc1NC(=O)C(C)C. The van der Waals surface area contributed by atoms with Crippen molar-refractivity contribution in [2.75, 3.05) is 16.3 Å². The van der Waals surface area contributed by atoms with E-state index < -0.39 is 15.9 Å². The van der Waals surface area contributed by atoms with Crippen LogP contribution in [0.4, 0.5) is 11.4 Å². The summed E-state index contributed by atoms with van der Waals surface area (Å²) >= 11 is 1.39. The molecule has 2 rings (SSSR count). The Morgan fingerprint density at radius 2 is 1.74 bits per heavy atom. The monoisotopic (exact) mass is 407 g/mol. The van der Waals surface area contributed by atoms with Gasteiger partial charge in [-0.05, 0) is 36.6 Å². The van der Waals surface area contributed by atoms with Gasteiger partial charge in [-0.1, -0.05) is 26.0 Å². The summed E-state index contributed by atoms with van der Waals surface area (Å²) in [7, 11) is -3.99. The summed E-state index contributed by atoms with van der Waals surface area (Å²) in [5.41, 5.74) is 5.86. The average Bonchev–Trinajstić information content (AvgIpc) is 2.61. The molecule has 0 fully saturated rings. The van der Waals surface area contributed by atoms with Gasteiger partial charge < -0.3 is 11.1 Å². The van der Waals surface area contributed by atoms with Crippen molar-refractivity contribution >= 4 is 45.0 Å². The van der Waals surface area contributed by atoms with Crippen LogP contribution in [0.2, 0.25) is 0 Å². The molecule has 0 heterocycles. The molecule has 144 valence electrons. The molecule has 0 saturated heterocycles. The zero-order chi connectivity index (χ0) is 20.2. The van der Waals surface area contributed by atoms with Gasteiger partial charge in [-0.3, -0.25) is 14.3 Å². The summed E-state index contributed by atoms with van der Waals surface area (Å²) in [5, 5.41) is 2.74. The molecule has 0 aromatic heterocycles. The van der Waals surface area contributed by atoms with E-state index in [1.54, 1.807) is 32.0 Å². The summed E-state index contributed by atoms with van der Waals surface area (Å²) in [6.07, 6.45) is 1.83. The highest BCUT2D eigenvalue weighted by molar-refractivity contribution is 7.98.